The van der Waals surface area contributed by atoms with E-state index < -0.39 is 0 Å². The number of benzene rings is 2. The van der Waals surface area contributed by atoms with Crippen molar-refractivity contribution in [2.45, 2.75) is 13.5 Å². The summed E-state index contributed by atoms with van der Waals surface area (Å²) in [5.41, 5.74) is 2.84. The van der Waals surface area contributed by atoms with Gasteiger partial charge in [-0.3, -0.25) is 14.5 Å². The van der Waals surface area contributed by atoms with E-state index in [4.69, 9.17) is 11.6 Å². The zero-order valence-electron chi connectivity index (χ0n) is 12.5. The number of nitrogens with zero attached hydrogens (tertiary/aromatic N) is 1. The average Bonchev–Trinajstić information content (AvgIpc) is 2.77. The van der Waals surface area contributed by atoms with Crippen LogP contribution in [0.15, 0.2) is 53.4 Å². The van der Waals surface area contributed by atoms with E-state index in [1.807, 2.05) is 43.3 Å². The second-order valence-electron chi connectivity index (χ2n) is 5.25. The van der Waals surface area contributed by atoms with Crippen LogP contribution in [0.5, 0.6) is 0 Å². The summed E-state index contributed by atoms with van der Waals surface area (Å²) in [6, 6.07) is 14.9. The van der Waals surface area contributed by atoms with Crippen LogP contribution in [0.1, 0.15) is 16.7 Å². The van der Waals surface area contributed by atoms with Crippen molar-refractivity contribution in [1.82, 2.24) is 4.90 Å². The van der Waals surface area contributed by atoms with Crippen LogP contribution in [0.25, 0.3) is 6.08 Å². The lowest BCUT2D eigenvalue weighted by molar-refractivity contribution is -0.123. The number of amides is 2. The molecule has 1 saturated heterocycles. The Kier molecular flexibility index (Phi) is 4.55. The lowest BCUT2D eigenvalue weighted by Gasteiger charge is -2.14. The first kappa shape index (κ1) is 15.8. The summed E-state index contributed by atoms with van der Waals surface area (Å²) < 4.78 is 0. The van der Waals surface area contributed by atoms with E-state index in [9.17, 15) is 9.59 Å². The Bertz CT molecular complexity index is 816. The summed E-state index contributed by atoms with van der Waals surface area (Å²) in [6.07, 6.45) is 1.70. The topological polar surface area (TPSA) is 37.4 Å². The van der Waals surface area contributed by atoms with Crippen LogP contribution in [0.2, 0.25) is 5.02 Å². The maximum Gasteiger partial charge on any atom is 0.293 e. The molecular formula is C18H14ClNO2S. The molecule has 0 aliphatic carbocycles. The van der Waals surface area contributed by atoms with Crippen LogP contribution >= 0.6 is 23.4 Å². The van der Waals surface area contributed by atoms with E-state index in [2.05, 4.69) is 0 Å². The Morgan fingerprint density at radius 2 is 1.91 bits per heavy atom. The minimum absolute atomic E-state index is 0.244. The number of carbonyl (C=O) groups is 2. The second kappa shape index (κ2) is 6.60. The fourth-order valence-electron chi connectivity index (χ4n) is 2.34. The van der Waals surface area contributed by atoms with Crippen molar-refractivity contribution in [2.24, 2.45) is 0 Å². The Labute approximate surface area is 143 Å². The standard InChI is InChI=1S/C18H14ClNO2S/c1-12-5-2-3-7-14(12)11-20-17(21)16(23-18(20)22)10-13-6-4-8-15(19)9-13/h2-10H,11H2,1H3/b16-10-. The fraction of sp³-hybridized carbons (Fsp3) is 0.111. The third kappa shape index (κ3) is 3.49. The van der Waals surface area contributed by atoms with Crippen LogP contribution in [0.3, 0.4) is 0 Å². The summed E-state index contributed by atoms with van der Waals surface area (Å²) >= 11 is 6.91. The van der Waals surface area contributed by atoms with Gasteiger partial charge >= 0.3 is 0 Å². The number of aryl methyl sites for hydroxylation is 1. The van der Waals surface area contributed by atoms with Gasteiger partial charge in [0.15, 0.2) is 0 Å². The van der Waals surface area contributed by atoms with Crippen molar-refractivity contribution < 1.29 is 9.59 Å². The molecule has 3 nitrogen and oxygen atoms in total. The number of imide groups is 1. The van der Waals surface area contributed by atoms with E-state index in [-0.39, 0.29) is 11.1 Å². The SMILES string of the molecule is Cc1ccccc1CN1C(=O)S/C(=C\c2cccc(Cl)c2)C1=O. The lowest BCUT2D eigenvalue weighted by atomic mass is 10.1. The minimum Gasteiger partial charge on any atom is -0.268 e. The van der Waals surface area contributed by atoms with Gasteiger partial charge in [0.05, 0.1) is 11.4 Å². The molecule has 23 heavy (non-hydrogen) atoms. The van der Waals surface area contributed by atoms with Gasteiger partial charge in [-0.1, -0.05) is 48.0 Å². The molecule has 0 unspecified atom stereocenters. The van der Waals surface area contributed by atoms with Gasteiger partial charge in [0.1, 0.15) is 0 Å². The molecular weight excluding hydrogens is 330 g/mol. The van der Waals surface area contributed by atoms with Crippen LogP contribution < -0.4 is 0 Å². The highest BCUT2D eigenvalue weighted by Gasteiger charge is 2.35. The molecule has 3 rings (SSSR count). The molecule has 0 atom stereocenters. The van der Waals surface area contributed by atoms with Gasteiger partial charge in [-0.2, -0.15) is 0 Å². The van der Waals surface area contributed by atoms with Gasteiger partial charge in [-0.15, -0.1) is 0 Å². The van der Waals surface area contributed by atoms with Crippen molar-refractivity contribution >= 4 is 40.6 Å². The number of hydrogen-bond donors (Lipinski definition) is 0. The Morgan fingerprint density at radius 3 is 2.65 bits per heavy atom. The lowest BCUT2D eigenvalue weighted by Crippen LogP contribution is -2.27. The molecule has 0 spiro atoms. The Morgan fingerprint density at radius 1 is 1.13 bits per heavy atom. The van der Waals surface area contributed by atoms with Crippen LogP contribution in [0.4, 0.5) is 4.79 Å². The summed E-state index contributed by atoms with van der Waals surface area (Å²) in [7, 11) is 0. The first-order chi connectivity index (χ1) is 11.0. The monoisotopic (exact) mass is 343 g/mol. The number of hydrogen-bond acceptors (Lipinski definition) is 3. The molecule has 0 N–H and O–H groups in total. The smallest absolute Gasteiger partial charge is 0.268 e. The van der Waals surface area contributed by atoms with E-state index in [0.717, 1.165) is 28.5 Å². The minimum atomic E-state index is -0.261. The van der Waals surface area contributed by atoms with E-state index in [0.29, 0.717) is 16.5 Å². The van der Waals surface area contributed by atoms with Gasteiger partial charge in [0, 0.05) is 5.02 Å². The quantitative estimate of drug-likeness (QED) is 0.745. The number of thioether (sulfide) groups is 1. The third-order valence-corrected chi connectivity index (χ3v) is 4.75. The maximum absolute atomic E-state index is 12.5. The first-order valence-electron chi connectivity index (χ1n) is 7.10. The Balaban J connectivity index is 1.84. The number of halogens is 1. The molecule has 5 heteroatoms. The maximum atomic E-state index is 12.5. The van der Waals surface area contributed by atoms with E-state index >= 15 is 0 Å². The number of rotatable bonds is 3. The first-order valence-corrected chi connectivity index (χ1v) is 8.29. The van der Waals surface area contributed by atoms with Crippen molar-refractivity contribution in [3.05, 3.63) is 75.1 Å². The molecule has 2 aromatic rings. The molecule has 1 aliphatic heterocycles. The van der Waals surface area contributed by atoms with Crippen molar-refractivity contribution in [3.63, 3.8) is 0 Å². The predicted octanol–water partition coefficient (Wildman–Crippen LogP) is 4.88. The zero-order valence-corrected chi connectivity index (χ0v) is 14.0. The largest absolute Gasteiger partial charge is 0.293 e. The van der Waals surface area contributed by atoms with Gasteiger partial charge in [-0.25, -0.2) is 0 Å². The highest BCUT2D eigenvalue weighted by Crippen LogP contribution is 2.33. The highest BCUT2D eigenvalue weighted by atomic mass is 35.5. The van der Waals surface area contributed by atoms with Crippen LogP contribution in [-0.4, -0.2) is 16.0 Å². The molecule has 1 aliphatic rings. The fourth-order valence-corrected chi connectivity index (χ4v) is 3.38. The highest BCUT2D eigenvalue weighted by molar-refractivity contribution is 8.18. The molecule has 0 saturated carbocycles. The van der Waals surface area contributed by atoms with Crippen LogP contribution in [-0.2, 0) is 11.3 Å². The summed E-state index contributed by atoms with van der Waals surface area (Å²) in [4.78, 5) is 26.4. The molecule has 2 amide bonds. The average molecular weight is 344 g/mol. The number of carbonyl (C=O) groups excluding carboxylic acids is 2. The van der Waals surface area contributed by atoms with Crippen molar-refractivity contribution in [1.29, 1.82) is 0 Å². The second-order valence-corrected chi connectivity index (χ2v) is 6.68. The third-order valence-electron chi connectivity index (χ3n) is 3.61. The molecule has 0 bridgehead atoms. The van der Waals surface area contributed by atoms with Gasteiger partial charge in [0.2, 0.25) is 0 Å². The summed E-state index contributed by atoms with van der Waals surface area (Å²) in [5.74, 6) is -0.261. The van der Waals surface area contributed by atoms with Gasteiger partial charge in [0.25, 0.3) is 11.1 Å². The van der Waals surface area contributed by atoms with E-state index in [1.165, 1.54) is 4.90 Å². The summed E-state index contributed by atoms with van der Waals surface area (Å²) in [5, 5.41) is 0.351. The van der Waals surface area contributed by atoms with Gasteiger partial charge in [-0.05, 0) is 53.6 Å². The Hall–Kier alpha value is -2.04. The normalized spacial score (nSPS) is 16.4. The van der Waals surface area contributed by atoms with Gasteiger partial charge < -0.3 is 0 Å². The zero-order chi connectivity index (χ0) is 16.4. The molecule has 116 valence electrons. The molecule has 1 heterocycles. The van der Waals surface area contributed by atoms with Crippen molar-refractivity contribution in [3.8, 4) is 0 Å². The predicted molar refractivity (Wildman–Crippen MR) is 94.1 cm³/mol. The van der Waals surface area contributed by atoms with Crippen LogP contribution in [0, 0.1) is 6.92 Å². The van der Waals surface area contributed by atoms with E-state index in [1.54, 1.807) is 18.2 Å². The molecule has 2 aromatic carbocycles. The molecule has 1 fully saturated rings. The van der Waals surface area contributed by atoms with Crippen molar-refractivity contribution in [2.75, 3.05) is 0 Å². The molecule has 0 aromatic heterocycles. The molecule has 0 radical (unpaired) electrons. The summed E-state index contributed by atoms with van der Waals surface area (Å²) in [6.45, 7) is 2.26.